The molecule has 0 aromatic carbocycles. The lowest BCUT2D eigenvalue weighted by atomic mass is 10.2. The lowest BCUT2D eigenvalue weighted by Gasteiger charge is -2.19. The molecule has 1 aromatic heterocycles. The third kappa shape index (κ3) is 4.26. The Balaban J connectivity index is 2.45. The highest BCUT2D eigenvalue weighted by Crippen LogP contribution is 2.07. The summed E-state index contributed by atoms with van der Waals surface area (Å²) in [5, 5.41) is 2.36. The molecular weight excluding hydrogens is 224 g/mol. The Kier molecular flexibility index (Phi) is 3.88. The van der Waals surface area contributed by atoms with Gasteiger partial charge in [-0.25, -0.2) is 9.78 Å². The second kappa shape index (κ2) is 4.99. The molecule has 0 radical (unpaired) electrons. The molecule has 0 saturated carbocycles. The van der Waals surface area contributed by atoms with Crippen LogP contribution in [0.15, 0.2) is 10.8 Å². The van der Waals surface area contributed by atoms with Crippen LogP contribution in [-0.4, -0.2) is 29.0 Å². The molecule has 0 atom stereocenters. The first kappa shape index (κ1) is 13.2. The van der Waals surface area contributed by atoms with Crippen molar-refractivity contribution in [2.75, 3.05) is 6.54 Å². The van der Waals surface area contributed by atoms with Crippen LogP contribution in [0.4, 0.5) is 4.79 Å². The number of nitrogens with one attached hydrogen (secondary N) is 1. The van der Waals surface area contributed by atoms with E-state index < -0.39 is 11.7 Å². The summed E-state index contributed by atoms with van der Waals surface area (Å²) < 4.78 is 9.89. The average Bonchev–Trinajstić information content (AvgIpc) is 2.58. The third-order valence-corrected chi connectivity index (χ3v) is 1.79. The van der Waals surface area contributed by atoms with Gasteiger partial charge in [-0.2, -0.15) is 0 Å². The highest BCUT2D eigenvalue weighted by Gasteiger charge is 2.18. The summed E-state index contributed by atoms with van der Waals surface area (Å²) in [4.78, 5) is 26.7. The summed E-state index contributed by atoms with van der Waals surface area (Å²) in [6.45, 7) is 6.72. The van der Waals surface area contributed by atoms with E-state index in [1.807, 2.05) is 0 Å². The molecule has 1 aromatic rings. The van der Waals surface area contributed by atoms with Crippen LogP contribution in [0.2, 0.25) is 0 Å². The Morgan fingerprint density at radius 2 is 2.12 bits per heavy atom. The molecule has 6 nitrogen and oxygen atoms in total. The maximum absolute atomic E-state index is 11.6. The molecule has 0 saturated heterocycles. The number of aryl methyl sites for hydroxylation is 1. The van der Waals surface area contributed by atoms with Crippen molar-refractivity contribution in [1.29, 1.82) is 0 Å². The lowest BCUT2D eigenvalue weighted by Crippen LogP contribution is -2.35. The van der Waals surface area contributed by atoms with Gasteiger partial charge in [0.15, 0.2) is 12.2 Å². The number of oxazole rings is 1. The van der Waals surface area contributed by atoms with Gasteiger partial charge in [0.25, 0.3) is 0 Å². The smallest absolute Gasteiger partial charge is 0.408 e. The molecule has 1 rings (SSSR count). The van der Waals surface area contributed by atoms with Crippen LogP contribution >= 0.6 is 0 Å². The van der Waals surface area contributed by atoms with Crippen LogP contribution in [0.25, 0.3) is 0 Å². The van der Waals surface area contributed by atoms with Gasteiger partial charge in [0, 0.05) is 0 Å². The first-order chi connectivity index (χ1) is 7.79. The van der Waals surface area contributed by atoms with Crippen LogP contribution < -0.4 is 5.32 Å². The van der Waals surface area contributed by atoms with Gasteiger partial charge in [-0.15, -0.1) is 0 Å². The van der Waals surface area contributed by atoms with E-state index >= 15 is 0 Å². The van der Waals surface area contributed by atoms with Gasteiger partial charge in [-0.05, 0) is 27.7 Å². The first-order valence-corrected chi connectivity index (χ1v) is 5.20. The number of ether oxygens (including phenoxy) is 1. The standard InChI is InChI=1S/C11H16N2O4/c1-7-9(16-6-13-7)8(14)5-12-10(15)17-11(2,3)4/h6H,5H2,1-4H3,(H,12,15). The summed E-state index contributed by atoms with van der Waals surface area (Å²) >= 11 is 0. The van der Waals surface area contributed by atoms with Crippen LogP contribution in [-0.2, 0) is 4.74 Å². The van der Waals surface area contributed by atoms with Crippen molar-refractivity contribution in [3.8, 4) is 0 Å². The van der Waals surface area contributed by atoms with E-state index in [0.717, 1.165) is 0 Å². The summed E-state index contributed by atoms with van der Waals surface area (Å²) in [5.41, 5.74) is -0.0871. The fourth-order valence-electron chi connectivity index (χ4n) is 1.12. The molecule has 94 valence electrons. The Morgan fingerprint density at radius 3 is 2.59 bits per heavy atom. The van der Waals surface area contributed by atoms with Crippen molar-refractivity contribution < 1.29 is 18.7 Å². The van der Waals surface area contributed by atoms with Crippen LogP contribution in [0, 0.1) is 6.92 Å². The second-order valence-corrected chi connectivity index (χ2v) is 4.55. The van der Waals surface area contributed by atoms with Gasteiger partial charge in [-0.3, -0.25) is 4.79 Å². The number of Topliss-reactive ketones (excluding diaryl/α,β-unsaturated/α-hetero) is 1. The van der Waals surface area contributed by atoms with E-state index in [4.69, 9.17) is 9.15 Å². The molecule has 0 spiro atoms. The van der Waals surface area contributed by atoms with Crippen molar-refractivity contribution in [3.63, 3.8) is 0 Å². The third-order valence-electron chi connectivity index (χ3n) is 1.79. The zero-order valence-electron chi connectivity index (χ0n) is 10.4. The van der Waals surface area contributed by atoms with Crippen molar-refractivity contribution in [2.45, 2.75) is 33.3 Å². The largest absolute Gasteiger partial charge is 0.444 e. The number of rotatable bonds is 3. The van der Waals surface area contributed by atoms with E-state index in [1.54, 1.807) is 27.7 Å². The average molecular weight is 240 g/mol. The van der Waals surface area contributed by atoms with Crippen molar-refractivity contribution in [3.05, 3.63) is 17.8 Å². The number of ketones is 1. The molecule has 0 aliphatic carbocycles. The van der Waals surface area contributed by atoms with Gasteiger partial charge < -0.3 is 14.5 Å². The van der Waals surface area contributed by atoms with E-state index in [2.05, 4.69) is 10.3 Å². The predicted molar refractivity (Wildman–Crippen MR) is 59.8 cm³/mol. The van der Waals surface area contributed by atoms with E-state index in [1.165, 1.54) is 6.39 Å². The number of amides is 1. The van der Waals surface area contributed by atoms with Gasteiger partial charge in [0.05, 0.1) is 12.2 Å². The molecule has 0 aliphatic heterocycles. The molecule has 0 bridgehead atoms. The molecule has 6 heteroatoms. The number of carbonyl (C=O) groups excluding carboxylic acids is 2. The summed E-state index contributed by atoms with van der Waals surface area (Å²) in [6.07, 6.45) is 0.554. The van der Waals surface area contributed by atoms with Crippen molar-refractivity contribution in [1.82, 2.24) is 10.3 Å². The minimum absolute atomic E-state index is 0.154. The molecule has 1 heterocycles. The van der Waals surface area contributed by atoms with Gasteiger partial charge in [0.2, 0.25) is 5.78 Å². The number of aromatic nitrogens is 1. The summed E-state index contributed by atoms with van der Waals surface area (Å²) in [6, 6.07) is 0. The zero-order valence-corrected chi connectivity index (χ0v) is 10.4. The maximum Gasteiger partial charge on any atom is 0.408 e. The Labute approximate surface area is 99.4 Å². The Hall–Kier alpha value is -1.85. The van der Waals surface area contributed by atoms with E-state index in [-0.39, 0.29) is 18.1 Å². The number of alkyl carbamates (subject to hydrolysis) is 1. The molecule has 17 heavy (non-hydrogen) atoms. The Morgan fingerprint density at radius 1 is 1.47 bits per heavy atom. The highest BCUT2D eigenvalue weighted by molar-refractivity contribution is 5.97. The topological polar surface area (TPSA) is 81.4 Å². The molecule has 0 unspecified atom stereocenters. The Bertz CT molecular complexity index is 417. The minimum Gasteiger partial charge on any atom is -0.444 e. The predicted octanol–water partition coefficient (Wildman–Crippen LogP) is 1.69. The van der Waals surface area contributed by atoms with Crippen LogP contribution in [0.1, 0.15) is 37.0 Å². The van der Waals surface area contributed by atoms with Gasteiger partial charge in [-0.1, -0.05) is 0 Å². The van der Waals surface area contributed by atoms with Crippen molar-refractivity contribution in [2.24, 2.45) is 0 Å². The molecule has 1 amide bonds. The number of carbonyl (C=O) groups is 2. The van der Waals surface area contributed by atoms with E-state index in [0.29, 0.717) is 5.69 Å². The number of hydrogen-bond acceptors (Lipinski definition) is 5. The summed E-state index contributed by atoms with van der Waals surface area (Å²) in [7, 11) is 0. The zero-order chi connectivity index (χ0) is 13.1. The monoisotopic (exact) mass is 240 g/mol. The quantitative estimate of drug-likeness (QED) is 0.813. The minimum atomic E-state index is -0.636. The normalized spacial score (nSPS) is 11.1. The SMILES string of the molecule is Cc1ncoc1C(=O)CNC(=O)OC(C)(C)C. The molecule has 0 aliphatic rings. The van der Waals surface area contributed by atoms with Crippen LogP contribution in [0.5, 0.6) is 0 Å². The second-order valence-electron chi connectivity index (χ2n) is 4.55. The molecule has 0 fully saturated rings. The fourth-order valence-corrected chi connectivity index (χ4v) is 1.12. The molecular formula is C11H16N2O4. The highest BCUT2D eigenvalue weighted by atomic mass is 16.6. The number of nitrogens with zero attached hydrogens (tertiary/aromatic N) is 1. The van der Waals surface area contributed by atoms with Crippen LogP contribution in [0.3, 0.4) is 0 Å². The first-order valence-electron chi connectivity index (χ1n) is 5.20. The fraction of sp³-hybridized carbons (Fsp3) is 0.545. The van der Waals surface area contributed by atoms with Gasteiger partial charge >= 0.3 is 6.09 Å². The van der Waals surface area contributed by atoms with Crippen molar-refractivity contribution >= 4 is 11.9 Å². The van der Waals surface area contributed by atoms with E-state index in [9.17, 15) is 9.59 Å². The molecule has 1 N–H and O–H groups in total. The maximum atomic E-state index is 11.6. The number of hydrogen-bond donors (Lipinski definition) is 1. The summed E-state index contributed by atoms with van der Waals surface area (Å²) in [5.74, 6) is -0.188. The van der Waals surface area contributed by atoms with Gasteiger partial charge in [0.1, 0.15) is 5.60 Å². The lowest BCUT2D eigenvalue weighted by molar-refractivity contribution is 0.0519.